The maximum absolute atomic E-state index is 5.18. The quantitative estimate of drug-likeness (QED) is 0.722. The van der Waals surface area contributed by atoms with E-state index in [1.54, 1.807) is 7.11 Å². The molecule has 108 valence electrons. The maximum atomic E-state index is 5.18. The highest BCUT2D eigenvalue weighted by atomic mass is 16.5. The van der Waals surface area contributed by atoms with Crippen molar-refractivity contribution < 1.29 is 4.74 Å². The van der Waals surface area contributed by atoms with Crippen molar-refractivity contribution in [1.29, 1.82) is 0 Å². The van der Waals surface area contributed by atoms with Gasteiger partial charge in [-0.15, -0.1) is 0 Å². The van der Waals surface area contributed by atoms with Gasteiger partial charge in [-0.05, 0) is 25.3 Å². The van der Waals surface area contributed by atoms with Gasteiger partial charge >= 0.3 is 0 Å². The molecule has 0 aromatic rings. The van der Waals surface area contributed by atoms with Crippen LogP contribution in [0.4, 0.5) is 0 Å². The number of likely N-dealkylation sites (N-methyl/N-ethyl adjacent to an activating group) is 1. The van der Waals surface area contributed by atoms with Crippen LogP contribution in [-0.4, -0.2) is 51.3 Å². The lowest BCUT2D eigenvalue weighted by atomic mass is 9.73. The van der Waals surface area contributed by atoms with Crippen molar-refractivity contribution in [3.63, 3.8) is 0 Å². The molecule has 3 heteroatoms. The number of methoxy groups -OCH3 is 1. The molecule has 0 unspecified atom stereocenters. The third-order valence-corrected chi connectivity index (χ3v) is 4.08. The molecule has 1 rings (SSSR count). The van der Waals surface area contributed by atoms with Gasteiger partial charge in [-0.2, -0.15) is 0 Å². The molecule has 0 bridgehead atoms. The summed E-state index contributed by atoms with van der Waals surface area (Å²) in [5.41, 5.74) is 0.491. The Kier molecular flexibility index (Phi) is 7.20. The van der Waals surface area contributed by atoms with E-state index in [2.05, 4.69) is 31.1 Å². The van der Waals surface area contributed by atoms with E-state index in [0.29, 0.717) is 11.5 Å². The summed E-state index contributed by atoms with van der Waals surface area (Å²) in [6.45, 7) is 8.73. The van der Waals surface area contributed by atoms with Crippen LogP contribution in [0.5, 0.6) is 0 Å². The van der Waals surface area contributed by atoms with Crippen LogP contribution in [0, 0.1) is 5.41 Å². The third-order valence-electron chi connectivity index (χ3n) is 4.08. The zero-order valence-electron chi connectivity index (χ0n) is 12.8. The maximum Gasteiger partial charge on any atom is 0.0589 e. The highest BCUT2D eigenvalue weighted by Gasteiger charge is 2.32. The Morgan fingerprint density at radius 3 is 2.44 bits per heavy atom. The highest BCUT2D eigenvalue weighted by Crippen LogP contribution is 2.36. The minimum Gasteiger partial charge on any atom is -0.383 e. The summed E-state index contributed by atoms with van der Waals surface area (Å²) < 4.78 is 5.18. The minimum absolute atomic E-state index is 0.491. The second kappa shape index (κ2) is 8.13. The molecule has 0 atom stereocenters. The molecule has 0 radical (unpaired) electrons. The van der Waals surface area contributed by atoms with E-state index in [1.807, 2.05) is 0 Å². The lowest BCUT2D eigenvalue weighted by Crippen LogP contribution is -2.46. The Morgan fingerprint density at radius 1 is 1.22 bits per heavy atom. The molecule has 0 aromatic carbocycles. The van der Waals surface area contributed by atoms with Crippen LogP contribution in [0.25, 0.3) is 0 Å². The molecule has 1 aliphatic carbocycles. The number of nitrogens with zero attached hydrogens (tertiary/aromatic N) is 1. The fourth-order valence-electron chi connectivity index (χ4n) is 3.01. The first-order valence-electron chi connectivity index (χ1n) is 7.49. The van der Waals surface area contributed by atoms with Crippen LogP contribution in [0.1, 0.15) is 46.0 Å². The first-order chi connectivity index (χ1) is 8.58. The van der Waals surface area contributed by atoms with Crippen molar-refractivity contribution in [1.82, 2.24) is 10.2 Å². The van der Waals surface area contributed by atoms with Crippen molar-refractivity contribution in [3.8, 4) is 0 Å². The van der Waals surface area contributed by atoms with Gasteiger partial charge in [-0.1, -0.05) is 33.1 Å². The zero-order valence-corrected chi connectivity index (χ0v) is 12.8. The Balaban J connectivity index is 2.48. The minimum atomic E-state index is 0.491. The predicted octanol–water partition coefficient (Wildman–Crippen LogP) is 2.51. The summed E-state index contributed by atoms with van der Waals surface area (Å²) in [5.74, 6) is 0. The summed E-state index contributed by atoms with van der Waals surface area (Å²) in [6.07, 6.45) is 6.98. The number of nitrogens with one attached hydrogen (secondary N) is 1. The van der Waals surface area contributed by atoms with Gasteiger partial charge in [0.2, 0.25) is 0 Å². The molecule has 1 aliphatic rings. The summed E-state index contributed by atoms with van der Waals surface area (Å²) >= 11 is 0. The second-order valence-electron chi connectivity index (χ2n) is 6.33. The Morgan fingerprint density at radius 2 is 1.89 bits per heavy atom. The van der Waals surface area contributed by atoms with Gasteiger partial charge in [0.15, 0.2) is 0 Å². The van der Waals surface area contributed by atoms with Gasteiger partial charge in [0, 0.05) is 32.8 Å². The van der Waals surface area contributed by atoms with E-state index in [4.69, 9.17) is 4.74 Å². The third kappa shape index (κ3) is 5.68. The Labute approximate surface area is 113 Å². The zero-order chi connectivity index (χ0) is 13.4. The van der Waals surface area contributed by atoms with Crippen molar-refractivity contribution in [2.45, 2.75) is 52.0 Å². The van der Waals surface area contributed by atoms with Crippen LogP contribution >= 0.6 is 0 Å². The van der Waals surface area contributed by atoms with E-state index >= 15 is 0 Å². The van der Waals surface area contributed by atoms with E-state index in [-0.39, 0.29) is 0 Å². The van der Waals surface area contributed by atoms with Gasteiger partial charge in [0.25, 0.3) is 0 Å². The monoisotopic (exact) mass is 256 g/mol. The van der Waals surface area contributed by atoms with Crippen LogP contribution in [0.3, 0.4) is 0 Å². The molecule has 18 heavy (non-hydrogen) atoms. The van der Waals surface area contributed by atoms with Gasteiger partial charge in [-0.25, -0.2) is 0 Å². The van der Waals surface area contributed by atoms with E-state index in [1.165, 1.54) is 45.2 Å². The number of ether oxygens (including phenoxy) is 1. The predicted molar refractivity (Wildman–Crippen MR) is 78.0 cm³/mol. The fraction of sp³-hybridized carbons (Fsp3) is 1.00. The average molecular weight is 256 g/mol. The second-order valence-corrected chi connectivity index (χ2v) is 6.33. The number of hydrogen-bond acceptors (Lipinski definition) is 3. The molecule has 1 saturated carbocycles. The van der Waals surface area contributed by atoms with Crippen LogP contribution in [0.15, 0.2) is 0 Å². The van der Waals surface area contributed by atoms with E-state index < -0.39 is 0 Å². The smallest absolute Gasteiger partial charge is 0.0589 e. The molecule has 1 fully saturated rings. The molecule has 0 heterocycles. The summed E-state index contributed by atoms with van der Waals surface area (Å²) in [7, 11) is 4.01. The molecule has 0 amide bonds. The van der Waals surface area contributed by atoms with Crippen molar-refractivity contribution in [3.05, 3.63) is 0 Å². The fourth-order valence-corrected chi connectivity index (χ4v) is 3.01. The summed E-state index contributed by atoms with van der Waals surface area (Å²) in [6, 6.07) is 0.591. The molecule has 0 saturated heterocycles. The van der Waals surface area contributed by atoms with E-state index in [0.717, 1.165) is 13.2 Å². The number of rotatable bonds is 8. The number of hydrogen-bond donors (Lipinski definition) is 1. The summed E-state index contributed by atoms with van der Waals surface area (Å²) in [5, 5.41) is 3.66. The van der Waals surface area contributed by atoms with Crippen LogP contribution in [0.2, 0.25) is 0 Å². The van der Waals surface area contributed by atoms with Gasteiger partial charge < -0.3 is 15.0 Å². The van der Waals surface area contributed by atoms with Crippen molar-refractivity contribution in [2.75, 3.05) is 40.4 Å². The molecular weight excluding hydrogens is 224 g/mol. The van der Waals surface area contributed by atoms with Gasteiger partial charge in [0.05, 0.1) is 6.61 Å². The molecule has 0 aliphatic heterocycles. The molecule has 3 nitrogen and oxygen atoms in total. The SMILES string of the molecule is COCCN(C)CC1(CNC(C)C)CCCCC1. The molecular formula is C15H32N2O. The first kappa shape index (κ1) is 15.9. The largest absolute Gasteiger partial charge is 0.383 e. The normalized spacial score (nSPS) is 19.7. The van der Waals surface area contributed by atoms with Crippen molar-refractivity contribution in [2.24, 2.45) is 5.41 Å². The van der Waals surface area contributed by atoms with Crippen molar-refractivity contribution >= 4 is 0 Å². The van der Waals surface area contributed by atoms with Crippen LogP contribution < -0.4 is 5.32 Å². The average Bonchev–Trinajstić information content (AvgIpc) is 2.35. The topological polar surface area (TPSA) is 24.5 Å². The molecule has 0 aromatic heterocycles. The molecule has 0 spiro atoms. The van der Waals surface area contributed by atoms with Crippen LogP contribution in [-0.2, 0) is 4.74 Å². The highest BCUT2D eigenvalue weighted by molar-refractivity contribution is 4.87. The Hall–Kier alpha value is -0.120. The Bertz CT molecular complexity index is 213. The van der Waals surface area contributed by atoms with Gasteiger partial charge in [0.1, 0.15) is 0 Å². The standard InChI is InChI=1S/C15H32N2O/c1-14(2)16-12-15(8-6-5-7-9-15)13-17(3)10-11-18-4/h14,16H,5-13H2,1-4H3. The first-order valence-corrected chi connectivity index (χ1v) is 7.49. The summed E-state index contributed by atoms with van der Waals surface area (Å²) in [4.78, 5) is 2.44. The van der Waals surface area contributed by atoms with Gasteiger partial charge in [-0.3, -0.25) is 0 Å². The lowest BCUT2D eigenvalue weighted by molar-refractivity contribution is 0.0924. The molecule has 1 N–H and O–H groups in total. The van der Waals surface area contributed by atoms with E-state index in [9.17, 15) is 0 Å². The lowest BCUT2D eigenvalue weighted by Gasteiger charge is -2.41.